The molecule has 2 heterocycles. The molecule has 0 radical (unpaired) electrons. The Morgan fingerprint density at radius 3 is 2.85 bits per heavy atom. The second kappa shape index (κ2) is 2.85. The van der Waals surface area contributed by atoms with E-state index >= 15 is 0 Å². The highest BCUT2D eigenvalue weighted by Gasteiger charge is 2.04. The van der Waals surface area contributed by atoms with E-state index in [1.165, 1.54) is 6.33 Å². The van der Waals surface area contributed by atoms with E-state index in [1.807, 2.05) is 6.92 Å². The summed E-state index contributed by atoms with van der Waals surface area (Å²) in [4.78, 5) is 7.88. The van der Waals surface area contributed by atoms with Crippen molar-refractivity contribution >= 4 is 5.69 Å². The van der Waals surface area contributed by atoms with Crippen LogP contribution in [0.15, 0.2) is 24.8 Å². The van der Waals surface area contributed by atoms with E-state index in [0.29, 0.717) is 5.69 Å². The van der Waals surface area contributed by atoms with Gasteiger partial charge in [0.25, 0.3) is 0 Å². The molecule has 0 unspecified atom stereocenters. The maximum Gasteiger partial charge on any atom is 0.157 e. The summed E-state index contributed by atoms with van der Waals surface area (Å²) in [5, 5.41) is 4.09. The van der Waals surface area contributed by atoms with E-state index in [0.717, 1.165) is 11.5 Å². The summed E-state index contributed by atoms with van der Waals surface area (Å²) in [6.07, 6.45) is 4.75. The Morgan fingerprint density at radius 2 is 2.31 bits per heavy atom. The summed E-state index contributed by atoms with van der Waals surface area (Å²) >= 11 is 0. The lowest BCUT2D eigenvalue weighted by molar-refractivity contribution is 0.812. The van der Waals surface area contributed by atoms with Gasteiger partial charge in [-0.3, -0.25) is 0 Å². The summed E-state index contributed by atoms with van der Waals surface area (Å²) in [7, 11) is 0. The van der Waals surface area contributed by atoms with E-state index in [4.69, 9.17) is 5.73 Å². The third-order valence-electron chi connectivity index (χ3n) is 1.83. The highest BCUT2D eigenvalue weighted by atomic mass is 15.3. The van der Waals surface area contributed by atoms with Crippen LogP contribution in [-0.2, 0) is 0 Å². The van der Waals surface area contributed by atoms with Crippen LogP contribution in [0, 0.1) is 6.92 Å². The quantitative estimate of drug-likeness (QED) is 0.687. The van der Waals surface area contributed by atoms with Crippen LogP contribution in [0.2, 0.25) is 0 Å². The Morgan fingerprint density at radius 1 is 1.46 bits per heavy atom. The summed E-state index contributed by atoms with van der Waals surface area (Å²) < 4.78 is 1.68. The van der Waals surface area contributed by atoms with Gasteiger partial charge in [0, 0.05) is 12.3 Å². The Labute approximate surface area is 75.2 Å². The van der Waals surface area contributed by atoms with Crippen molar-refractivity contribution < 1.29 is 0 Å². The molecule has 0 spiro atoms. The minimum atomic E-state index is 0.665. The molecule has 0 aliphatic carbocycles. The Hall–Kier alpha value is -1.91. The van der Waals surface area contributed by atoms with Crippen LogP contribution < -0.4 is 5.73 Å². The van der Waals surface area contributed by atoms with E-state index in [-0.39, 0.29) is 0 Å². The van der Waals surface area contributed by atoms with Crippen LogP contribution in [-0.4, -0.2) is 19.7 Å². The second-order valence-corrected chi connectivity index (χ2v) is 2.66. The molecule has 0 saturated carbocycles. The van der Waals surface area contributed by atoms with Gasteiger partial charge in [-0.1, -0.05) is 0 Å². The van der Waals surface area contributed by atoms with E-state index in [2.05, 4.69) is 15.1 Å². The number of rotatable bonds is 1. The molecule has 0 saturated heterocycles. The lowest BCUT2D eigenvalue weighted by Gasteiger charge is -2.01. The molecule has 2 aromatic heterocycles. The number of anilines is 1. The molecular formula is C8H9N5. The van der Waals surface area contributed by atoms with Crippen LogP contribution in [0.25, 0.3) is 5.82 Å². The Bertz CT molecular complexity index is 406. The topological polar surface area (TPSA) is 69.6 Å². The van der Waals surface area contributed by atoms with Crippen LogP contribution in [0.5, 0.6) is 0 Å². The second-order valence-electron chi connectivity index (χ2n) is 2.66. The third-order valence-corrected chi connectivity index (χ3v) is 1.83. The smallest absolute Gasteiger partial charge is 0.157 e. The van der Waals surface area contributed by atoms with Gasteiger partial charge in [0.05, 0.1) is 17.6 Å². The van der Waals surface area contributed by atoms with Crippen LogP contribution in [0.3, 0.4) is 0 Å². The van der Waals surface area contributed by atoms with Gasteiger partial charge in [-0.2, -0.15) is 5.10 Å². The average molecular weight is 175 g/mol. The summed E-state index contributed by atoms with van der Waals surface area (Å²) in [6.45, 7) is 1.89. The Kier molecular flexibility index (Phi) is 1.70. The predicted molar refractivity (Wildman–Crippen MR) is 48.3 cm³/mol. The van der Waals surface area contributed by atoms with Crippen molar-refractivity contribution in [1.29, 1.82) is 0 Å². The van der Waals surface area contributed by atoms with Gasteiger partial charge in [-0.25, -0.2) is 14.6 Å². The molecule has 0 fully saturated rings. The highest BCUT2D eigenvalue weighted by Crippen LogP contribution is 2.12. The maximum atomic E-state index is 5.65. The van der Waals surface area contributed by atoms with Gasteiger partial charge in [-0.05, 0) is 6.92 Å². The molecule has 0 amide bonds. The minimum absolute atomic E-state index is 0.665. The van der Waals surface area contributed by atoms with Gasteiger partial charge < -0.3 is 5.73 Å². The average Bonchev–Trinajstić information content (AvgIpc) is 2.49. The van der Waals surface area contributed by atoms with E-state index in [1.54, 1.807) is 23.1 Å². The monoisotopic (exact) mass is 175 g/mol. The third kappa shape index (κ3) is 1.24. The van der Waals surface area contributed by atoms with E-state index < -0.39 is 0 Å². The summed E-state index contributed by atoms with van der Waals surface area (Å²) in [6, 6.07) is 1.78. The first-order chi connectivity index (χ1) is 6.29. The van der Waals surface area contributed by atoms with Crippen molar-refractivity contribution in [2.75, 3.05) is 5.73 Å². The molecule has 2 N–H and O–H groups in total. The van der Waals surface area contributed by atoms with Gasteiger partial charge in [0.2, 0.25) is 0 Å². The molecule has 0 atom stereocenters. The molecule has 0 aliphatic heterocycles. The number of hydrogen-bond acceptors (Lipinski definition) is 4. The van der Waals surface area contributed by atoms with Crippen molar-refractivity contribution in [3.05, 3.63) is 30.5 Å². The predicted octanol–water partition coefficient (Wildman–Crippen LogP) is 0.553. The molecular weight excluding hydrogens is 166 g/mol. The van der Waals surface area contributed by atoms with Gasteiger partial charge in [0.15, 0.2) is 5.82 Å². The molecule has 13 heavy (non-hydrogen) atoms. The molecule has 66 valence electrons. The molecule has 0 aromatic carbocycles. The first-order valence-electron chi connectivity index (χ1n) is 3.85. The minimum Gasteiger partial charge on any atom is -0.396 e. The number of hydrogen-bond donors (Lipinski definition) is 1. The van der Waals surface area contributed by atoms with Crippen LogP contribution >= 0.6 is 0 Å². The summed E-state index contributed by atoms with van der Waals surface area (Å²) in [5.74, 6) is 0.726. The SMILES string of the molecule is Cc1c(N)cnn1-c1ccncn1. The molecule has 2 aromatic rings. The van der Waals surface area contributed by atoms with Gasteiger partial charge in [0.1, 0.15) is 6.33 Å². The zero-order valence-electron chi connectivity index (χ0n) is 7.18. The van der Waals surface area contributed by atoms with Gasteiger partial charge >= 0.3 is 0 Å². The van der Waals surface area contributed by atoms with E-state index in [9.17, 15) is 0 Å². The van der Waals surface area contributed by atoms with Gasteiger partial charge in [-0.15, -0.1) is 0 Å². The molecule has 0 bridgehead atoms. The largest absolute Gasteiger partial charge is 0.396 e. The standard InChI is InChI=1S/C8H9N5/c1-6-7(9)4-12-13(6)8-2-3-10-5-11-8/h2-5H,9H2,1H3. The van der Waals surface area contributed by atoms with Crippen molar-refractivity contribution in [2.45, 2.75) is 6.92 Å². The fraction of sp³-hybridized carbons (Fsp3) is 0.125. The molecule has 5 nitrogen and oxygen atoms in total. The normalized spacial score (nSPS) is 10.2. The van der Waals surface area contributed by atoms with Crippen LogP contribution in [0.4, 0.5) is 5.69 Å². The zero-order valence-corrected chi connectivity index (χ0v) is 7.18. The number of nitrogen functional groups attached to an aromatic ring is 1. The fourth-order valence-corrected chi connectivity index (χ4v) is 1.06. The van der Waals surface area contributed by atoms with Crippen molar-refractivity contribution in [3.8, 4) is 5.82 Å². The number of aromatic nitrogens is 4. The molecule has 5 heteroatoms. The number of nitrogens with two attached hydrogens (primary N) is 1. The lowest BCUT2D eigenvalue weighted by Crippen LogP contribution is -2.01. The first-order valence-corrected chi connectivity index (χ1v) is 3.85. The first kappa shape index (κ1) is 7.72. The number of nitrogens with zero attached hydrogens (tertiary/aromatic N) is 4. The maximum absolute atomic E-state index is 5.65. The fourth-order valence-electron chi connectivity index (χ4n) is 1.06. The molecule has 2 rings (SSSR count). The summed E-state index contributed by atoms with van der Waals surface area (Å²) in [5.41, 5.74) is 7.20. The molecule has 0 aliphatic rings. The highest BCUT2D eigenvalue weighted by molar-refractivity contribution is 5.42. The van der Waals surface area contributed by atoms with Crippen molar-refractivity contribution in [3.63, 3.8) is 0 Å². The Balaban J connectivity index is 2.53. The van der Waals surface area contributed by atoms with Crippen molar-refractivity contribution in [1.82, 2.24) is 19.7 Å². The van der Waals surface area contributed by atoms with Crippen molar-refractivity contribution in [2.24, 2.45) is 0 Å². The van der Waals surface area contributed by atoms with Crippen LogP contribution in [0.1, 0.15) is 5.69 Å². The lowest BCUT2D eigenvalue weighted by atomic mass is 10.4. The zero-order chi connectivity index (χ0) is 9.26.